The van der Waals surface area contributed by atoms with Gasteiger partial charge in [-0.2, -0.15) is 0 Å². The molecule has 2 atom stereocenters. The predicted octanol–water partition coefficient (Wildman–Crippen LogP) is 1.31. The lowest BCUT2D eigenvalue weighted by Crippen LogP contribution is -2.41. The number of aliphatic hydroxyl groups excluding tert-OH is 3. The van der Waals surface area contributed by atoms with Crippen molar-refractivity contribution in [2.24, 2.45) is 11.3 Å². The van der Waals surface area contributed by atoms with Gasteiger partial charge in [-0.25, -0.2) is 0 Å². The van der Waals surface area contributed by atoms with E-state index in [2.05, 4.69) is 0 Å². The fourth-order valence-electron chi connectivity index (χ4n) is 2.71. The van der Waals surface area contributed by atoms with Gasteiger partial charge < -0.3 is 15.3 Å². The fourth-order valence-corrected chi connectivity index (χ4v) is 2.71. The Morgan fingerprint density at radius 2 is 1.93 bits per heavy atom. The Labute approximate surface area is 92.1 Å². The Kier molecular flexibility index (Phi) is 5.03. The van der Waals surface area contributed by atoms with Crippen molar-refractivity contribution in [2.75, 3.05) is 13.2 Å². The normalized spacial score (nSPS) is 27.6. The Balaban J connectivity index is 2.64. The second kappa shape index (κ2) is 5.83. The van der Waals surface area contributed by atoms with E-state index in [1.807, 2.05) is 6.92 Å². The first kappa shape index (κ1) is 12.9. The van der Waals surface area contributed by atoms with Crippen LogP contribution >= 0.6 is 0 Å². The molecule has 1 aliphatic carbocycles. The van der Waals surface area contributed by atoms with Gasteiger partial charge in [0.15, 0.2) is 0 Å². The average Bonchev–Trinajstić information content (AvgIpc) is 2.30. The molecule has 0 spiro atoms. The van der Waals surface area contributed by atoms with E-state index in [0.717, 1.165) is 38.5 Å². The molecule has 15 heavy (non-hydrogen) atoms. The molecule has 0 aromatic carbocycles. The Bertz CT molecular complexity index is 178. The van der Waals surface area contributed by atoms with Gasteiger partial charge in [-0.05, 0) is 31.6 Å². The minimum atomic E-state index is -0.339. The number of hydrogen-bond acceptors (Lipinski definition) is 3. The van der Waals surface area contributed by atoms with Crippen molar-refractivity contribution in [3.63, 3.8) is 0 Å². The third-order valence-electron chi connectivity index (χ3n) is 4.00. The molecular weight excluding hydrogens is 192 g/mol. The molecule has 0 bridgehead atoms. The molecule has 0 heterocycles. The quantitative estimate of drug-likeness (QED) is 0.649. The highest BCUT2D eigenvalue weighted by molar-refractivity contribution is 4.90. The molecule has 90 valence electrons. The topological polar surface area (TPSA) is 60.7 Å². The first-order valence-corrected chi connectivity index (χ1v) is 6.08. The SMILES string of the molecule is CCC(O)CC1CCCCC1(CO)CO. The summed E-state index contributed by atoms with van der Waals surface area (Å²) in [4.78, 5) is 0. The van der Waals surface area contributed by atoms with Gasteiger partial charge >= 0.3 is 0 Å². The van der Waals surface area contributed by atoms with Crippen LogP contribution in [0.5, 0.6) is 0 Å². The van der Waals surface area contributed by atoms with Crippen molar-refractivity contribution in [2.45, 2.75) is 51.6 Å². The van der Waals surface area contributed by atoms with Crippen LogP contribution in [0.15, 0.2) is 0 Å². The van der Waals surface area contributed by atoms with Gasteiger partial charge in [-0.1, -0.05) is 19.8 Å². The van der Waals surface area contributed by atoms with E-state index in [9.17, 15) is 15.3 Å². The lowest BCUT2D eigenvalue weighted by atomic mass is 9.65. The van der Waals surface area contributed by atoms with Crippen LogP contribution in [0.1, 0.15) is 45.4 Å². The van der Waals surface area contributed by atoms with Crippen LogP contribution in [-0.4, -0.2) is 34.6 Å². The van der Waals surface area contributed by atoms with E-state index < -0.39 is 0 Å². The van der Waals surface area contributed by atoms with Gasteiger partial charge in [-0.3, -0.25) is 0 Å². The van der Waals surface area contributed by atoms with Gasteiger partial charge in [0.05, 0.1) is 19.3 Å². The highest BCUT2D eigenvalue weighted by Gasteiger charge is 2.40. The molecule has 0 aromatic rings. The number of aliphatic hydroxyl groups is 3. The molecule has 3 N–H and O–H groups in total. The lowest BCUT2D eigenvalue weighted by molar-refractivity contribution is -0.0425. The predicted molar refractivity (Wildman–Crippen MR) is 59.5 cm³/mol. The molecule has 3 heteroatoms. The molecule has 1 aliphatic rings. The maximum absolute atomic E-state index is 9.67. The summed E-state index contributed by atoms with van der Waals surface area (Å²) >= 11 is 0. The summed E-state index contributed by atoms with van der Waals surface area (Å²) in [6, 6.07) is 0. The molecular formula is C12H24O3. The third-order valence-corrected chi connectivity index (χ3v) is 4.00. The molecule has 1 rings (SSSR count). The van der Waals surface area contributed by atoms with Crippen LogP contribution in [0.25, 0.3) is 0 Å². The van der Waals surface area contributed by atoms with Crippen molar-refractivity contribution in [3.05, 3.63) is 0 Å². The minimum absolute atomic E-state index is 0.0462. The molecule has 1 fully saturated rings. The van der Waals surface area contributed by atoms with Crippen LogP contribution in [0.4, 0.5) is 0 Å². The number of rotatable bonds is 5. The monoisotopic (exact) mass is 216 g/mol. The van der Waals surface area contributed by atoms with Crippen LogP contribution in [0.3, 0.4) is 0 Å². The Morgan fingerprint density at radius 3 is 2.47 bits per heavy atom. The Morgan fingerprint density at radius 1 is 1.27 bits per heavy atom. The zero-order chi connectivity index (χ0) is 11.3. The number of hydrogen-bond donors (Lipinski definition) is 3. The van der Waals surface area contributed by atoms with E-state index >= 15 is 0 Å². The molecule has 0 aliphatic heterocycles. The van der Waals surface area contributed by atoms with Crippen molar-refractivity contribution >= 4 is 0 Å². The first-order valence-electron chi connectivity index (χ1n) is 6.08. The molecule has 0 amide bonds. The Hall–Kier alpha value is -0.120. The zero-order valence-electron chi connectivity index (χ0n) is 9.65. The minimum Gasteiger partial charge on any atom is -0.396 e. The van der Waals surface area contributed by atoms with E-state index in [-0.39, 0.29) is 30.7 Å². The summed E-state index contributed by atoms with van der Waals surface area (Å²) in [6.07, 6.45) is 5.34. The lowest BCUT2D eigenvalue weighted by Gasteiger charge is -2.42. The van der Waals surface area contributed by atoms with Crippen LogP contribution in [0, 0.1) is 11.3 Å². The second-order valence-electron chi connectivity index (χ2n) is 4.92. The smallest absolute Gasteiger partial charge is 0.0540 e. The maximum atomic E-state index is 9.67. The van der Waals surface area contributed by atoms with Crippen LogP contribution in [-0.2, 0) is 0 Å². The van der Waals surface area contributed by atoms with Crippen LogP contribution < -0.4 is 0 Å². The largest absolute Gasteiger partial charge is 0.396 e. The summed E-state index contributed by atoms with van der Waals surface area (Å²) in [5.41, 5.74) is -0.339. The molecule has 2 unspecified atom stereocenters. The molecule has 0 aromatic heterocycles. The van der Waals surface area contributed by atoms with Crippen molar-refractivity contribution in [1.29, 1.82) is 0 Å². The van der Waals surface area contributed by atoms with Crippen molar-refractivity contribution < 1.29 is 15.3 Å². The van der Waals surface area contributed by atoms with Gasteiger partial charge in [0, 0.05) is 5.41 Å². The standard InChI is InChI=1S/C12H24O3/c1-2-11(15)7-10-5-3-4-6-12(10,8-13)9-14/h10-11,13-15H,2-9H2,1H3. The first-order chi connectivity index (χ1) is 7.18. The van der Waals surface area contributed by atoms with E-state index in [4.69, 9.17) is 0 Å². The second-order valence-corrected chi connectivity index (χ2v) is 4.92. The van der Waals surface area contributed by atoms with Crippen molar-refractivity contribution in [1.82, 2.24) is 0 Å². The zero-order valence-corrected chi connectivity index (χ0v) is 9.65. The van der Waals surface area contributed by atoms with Gasteiger partial charge in [0.25, 0.3) is 0 Å². The van der Waals surface area contributed by atoms with E-state index in [1.165, 1.54) is 0 Å². The van der Waals surface area contributed by atoms with Gasteiger partial charge in [0.1, 0.15) is 0 Å². The third kappa shape index (κ3) is 2.92. The van der Waals surface area contributed by atoms with E-state index in [0.29, 0.717) is 0 Å². The highest BCUT2D eigenvalue weighted by Crippen LogP contribution is 2.43. The van der Waals surface area contributed by atoms with E-state index in [1.54, 1.807) is 0 Å². The molecule has 0 radical (unpaired) electrons. The van der Waals surface area contributed by atoms with Crippen molar-refractivity contribution in [3.8, 4) is 0 Å². The summed E-state index contributed by atoms with van der Waals surface area (Å²) in [6.45, 7) is 2.06. The molecule has 1 saturated carbocycles. The molecule has 0 saturated heterocycles. The van der Waals surface area contributed by atoms with Gasteiger partial charge in [-0.15, -0.1) is 0 Å². The highest BCUT2D eigenvalue weighted by atomic mass is 16.3. The van der Waals surface area contributed by atoms with Crippen LogP contribution in [0.2, 0.25) is 0 Å². The maximum Gasteiger partial charge on any atom is 0.0540 e. The fraction of sp³-hybridized carbons (Fsp3) is 1.00. The summed E-state index contributed by atoms with van der Waals surface area (Å²) in [7, 11) is 0. The summed E-state index contributed by atoms with van der Waals surface area (Å²) < 4.78 is 0. The molecule has 3 nitrogen and oxygen atoms in total. The van der Waals surface area contributed by atoms with Gasteiger partial charge in [0.2, 0.25) is 0 Å². The summed E-state index contributed by atoms with van der Waals surface area (Å²) in [5, 5.41) is 28.6. The summed E-state index contributed by atoms with van der Waals surface area (Å²) in [5.74, 6) is 0.274. The average molecular weight is 216 g/mol.